The Balaban J connectivity index is 2.62. The van der Waals surface area contributed by atoms with Gasteiger partial charge in [-0.25, -0.2) is 4.79 Å². The summed E-state index contributed by atoms with van der Waals surface area (Å²) in [6.07, 6.45) is 1.10. The molecule has 1 aliphatic heterocycles. The summed E-state index contributed by atoms with van der Waals surface area (Å²) in [5, 5.41) is 9.91. The highest BCUT2D eigenvalue weighted by atomic mass is 16.6. The van der Waals surface area contributed by atoms with Crippen LogP contribution in [0.1, 0.15) is 41.5 Å². The van der Waals surface area contributed by atoms with E-state index in [2.05, 4.69) is 0 Å². The predicted octanol–water partition coefficient (Wildman–Crippen LogP) is 2.88. The second-order valence-electron chi connectivity index (χ2n) is 7.56. The quantitative estimate of drug-likeness (QED) is 0.793. The van der Waals surface area contributed by atoms with Crippen LogP contribution in [0.2, 0.25) is 0 Å². The summed E-state index contributed by atoms with van der Waals surface area (Å²) in [7, 11) is 0. The maximum atomic E-state index is 12.0. The number of nitrogens with zero attached hydrogens (tertiary/aromatic N) is 1. The van der Waals surface area contributed by atoms with Gasteiger partial charge < -0.3 is 19.5 Å². The molecule has 22 heavy (non-hydrogen) atoms. The number of hydrogen-bond donors (Lipinski definition) is 1. The summed E-state index contributed by atoms with van der Waals surface area (Å²) in [5.74, 6) is -0.622. The normalized spacial score (nSPS) is 19.5. The first-order chi connectivity index (χ1) is 9.90. The molecule has 0 saturated carbocycles. The van der Waals surface area contributed by atoms with Crippen LogP contribution < -0.4 is 0 Å². The Kier molecular flexibility index (Phi) is 5.49. The van der Waals surface area contributed by atoms with E-state index >= 15 is 0 Å². The Morgan fingerprint density at radius 1 is 1.27 bits per heavy atom. The van der Waals surface area contributed by atoms with E-state index in [-0.39, 0.29) is 31.4 Å². The molecule has 0 radical (unpaired) electrons. The van der Waals surface area contributed by atoms with Crippen LogP contribution >= 0.6 is 0 Å². The largest absolute Gasteiger partial charge is 0.512 e. The molecule has 1 N–H and O–H groups in total. The van der Waals surface area contributed by atoms with Crippen LogP contribution in [0.15, 0.2) is 11.8 Å². The van der Waals surface area contributed by atoms with Gasteiger partial charge in [0.15, 0.2) is 0 Å². The van der Waals surface area contributed by atoms with Crippen LogP contribution in [0.5, 0.6) is 0 Å². The van der Waals surface area contributed by atoms with E-state index in [9.17, 15) is 14.7 Å². The molecule has 0 fully saturated rings. The Labute approximate surface area is 132 Å². The number of rotatable bonds is 2. The molecule has 0 aromatic rings. The predicted molar refractivity (Wildman–Crippen MR) is 82.4 cm³/mol. The fourth-order valence-corrected chi connectivity index (χ4v) is 1.81. The number of hydrogen-bond acceptors (Lipinski definition) is 5. The number of aliphatic hydroxyl groups excluding tert-OH is 1. The number of aliphatic hydroxyl groups is 1. The van der Waals surface area contributed by atoms with Crippen LogP contribution in [0, 0.1) is 11.3 Å². The number of carbonyl (C=O) groups excluding carboxylic acids is 2. The second-order valence-corrected chi connectivity index (χ2v) is 7.56. The third kappa shape index (κ3) is 5.58. The maximum Gasteiger partial charge on any atom is 0.410 e. The molecular weight excluding hydrogens is 286 g/mol. The van der Waals surface area contributed by atoms with Crippen molar-refractivity contribution in [3.8, 4) is 0 Å². The van der Waals surface area contributed by atoms with Crippen LogP contribution in [0.25, 0.3) is 0 Å². The third-order valence-electron chi connectivity index (χ3n) is 3.06. The molecule has 0 unspecified atom stereocenters. The second kappa shape index (κ2) is 6.58. The standard InChI is InChI=1S/C16H27NO5/c1-15(2,3)13(19)21-10-11-9-17(8-7-12(11)18)14(20)22-16(4,5)6/h7,11,18H,8-10H2,1-6H3/t11-/m1/s1. The first-order valence-electron chi connectivity index (χ1n) is 7.44. The monoisotopic (exact) mass is 313 g/mol. The minimum Gasteiger partial charge on any atom is -0.512 e. The highest BCUT2D eigenvalue weighted by Crippen LogP contribution is 2.21. The summed E-state index contributed by atoms with van der Waals surface area (Å²) in [6, 6.07) is 0. The molecule has 0 saturated heterocycles. The third-order valence-corrected chi connectivity index (χ3v) is 3.06. The summed E-state index contributed by atoms with van der Waals surface area (Å²) in [4.78, 5) is 25.3. The number of esters is 1. The molecule has 6 nitrogen and oxygen atoms in total. The molecule has 0 aromatic carbocycles. The van der Waals surface area contributed by atoms with E-state index in [1.165, 1.54) is 4.90 Å². The average Bonchev–Trinajstić information content (AvgIpc) is 2.34. The van der Waals surface area contributed by atoms with Crippen molar-refractivity contribution in [2.24, 2.45) is 11.3 Å². The fourth-order valence-electron chi connectivity index (χ4n) is 1.81. The Morgan fingerprint density at radius 3 is 2.36 bits per heavy atom. The molecule has 1 aliphatic rings. The molecular formula is C16H27NO5. The molecule has 1 rings (SSSR count). The molecule has 1 heterocycles. The maximum absolute atomic E-state index is 12.0. The Hall–Kier alpha value is -1.72. The first-order valence-corrected chi connectivity index (χ1v) is 7.44. The molecule has 1 atom stereocenters. The number of ether oxygens (including phenoxy) is 2. The van der Waals surface area contributed by atoms with Crippen LogP contribution in [0.3, 0.4) is 0 Å². The Bertz CT molecular complexity index is 456. The lowest BCUT2D eigenvalue weighted by Crippen LogP contribution is -2.43. The van der Waals surface area contributed by atoms with E-state index in [1.807, 2.05) is 0 Å². The molecule has 0 spiro atoms. The van der Waals surface area contributed by atoms with Crippen LogP contribution in [-0.2, 0) is 14.3 Å². The topological polar surface area (TPSA) is 76.1 Å². The van der Waals surface area contributed by atoms with Gasteiger partial charge in [0, 0.05) is 13.1 Å². The lowest BCUT2D eigenvalue weighted by molar-refractivity contribution is -0.154. The van der Waals surface area contributed by atoms with Gasteiger partial charge in [0.1, 0.15) is 12.2 Å². The van der Waals surface area contributed by atoms with Crippen LogP contribution in [-0.4, -0.2) is 47.4 Å². The summed E-state index contributed by atoms with van der Waals surface area (Å²) in [5.41, 5.74) is -1.17. The molecule has 6 heteroatoms. The van der Waals surface area contributed by atoms with Gasteiger partial charge in [0.2, 0.25) is 0 Å². The van der Waals surface area contributed by atoms with E-state index in [4.69, 9.17) is 9.47 Å². The first kappa shape index (κ1) is 18.3. The van der Waals surface area contributed by atoms with E-state index in [0.29, 0.717) is 0 Å². The van der Waals surface area contributed by atoms with Crippen molar-refractivity contribution in [1.29, 1.82) is 0 Å². The van der Waals surface area contributed by atoms with Crippen molar-refractivity contribution in [2.45, 2.75) is 47.1 Å². The van der Waals surface area contributed by atoms with Gasteiger partial charge in [-0.3, -0.25) is 4.79 Å². The Morgan fingerprint density at radius 2 is 1.86 bits per heavy atom. The van der Waals surface area contributed by atoms with Gasteiger partial charge in [-0.2, -0.15) is 0 Å². The van der Waals surface area contributed by atoms with Crippen molar-refractivity contribution in [2.75, 3.05) is 19.7 Å². The van der Waals surface area contributed by atoms with E-state index in [1.54, 1.807) is 47.6 Å². The van der Waals surface area contributed by atoms with Crippen molar-refractivity contribution < 1.29 is 24.2 Å². The zero-order chi connectivity index (χ0) is 17.1. The van der Waals surface area contributed by atoms with Crippen molar-refractivity contribution in [3.63, 3.8) is 0 Å². The molecule has 126 valence electrons. The molecule has 0 aromatic heterocycles. The van der Waals surface area contributed by atoms with Gasteiger partial charge in [0.25, 0.3) is 0 Å². The minimum absolute atomic E-state index is 0.0394. The van der Waals surface area contributed by atoms with Crippen molar-refractivity contribution in [3.05, 3.63) is 11.8 Å². The number of amides is 1. The van der Waals surface area contributed by atoms with Crippen molar-refractivity contribution >= 4 is 12.1 Å². The van der Waals surface area contributed by atoms with Crippen molar-refractivity contribution in [1.82, 2.24) is 4.90 Å². The molecule has 0 aliphatic carbocycles. The van der Waals surface area contributed by atoms with E-state index in [0.717, 1.165) is 0 Å². The van der Waals surface area contributed by atoms with Gasteiger partial charge in [-0.1, -0.05) is 0 Å². The SMILES string of the molecule is CC(C)(C)OC(=O)N1CC=C(O)[C@@H](COC(=O)C(C)(C)C)C1. The lowest BCUT2D eigenvalue weighted by atomic mass is 9.97. The smallest absolute Gasteiger partial charge is 0.410 e. The van der Waals surface area contributed by atoms with Crippen LogP contribution in [0.4, 0.5) is 4.79 Å². The summed E-state index contributed by atoms with van der Waals surface area (Å²) in [6.45, 7) is 11.3. The average molecular weight is 313 g/mol. The zero-order valence-corrected chi connectivity index (χ0v) is 14.3. The highest BCUT2D eigenvalue weighted by Gasteiger charge is 2.31. The zero-order valence-electron chi connectivity index (χ0n) is 14.3. The van der Waals surface area contributed by atoms with Gasteiger partial charge >= 0.3 is 12.1 Å². The molecule has 1 amide bonds. The van der Waals surface area contributed by atoms with Gasteiger partial charge in [-0.05, 0) is 47.6 Å². The number of carbonyl (C=O) groups is 2. The van der Waals surface area contributed by atoms with Gasteiger partial charge in [0.05, 0.1) is 17.1 Å². The highest BCUT2D eigenvalue weighted by molar-refractivity contribution is 5.75. The summed E-state index contributed by atoms with van der Waals surface area (Å²) >= 11 is 0. The van der Waals surface area contributed by atoms with Gasteiger partial charge in [-0.15, -0.1) is 0 Å². The fraction of sp³-hybridized carbons (Fsp3) is 0.750. The lowest BCUT2D eigenvalue weighted by Gasteiger charge is -2.32. The minimum atomic E-state index is -0.598. The van der Waals surface area contributed by atoms with E-state index < -0.39 is 23.0 Å². The summed E-state index contributed by atoms with van der Waals surface area (Å²) < 4.78 is 10.5. The molecule has 0 bridgehead atoms.